The molecule has 3 aliphatic rings. The Morgan fingerprint density at radius 1 is 1.38 bits per heavy atom. The summed E-state index contributed by atoms with van der Waals surface area (Å²) < 4.78 is 26.1. The Hall–Kier alpha value is -2.46. The van der Waals surface area contributed by atoms with Gasteiger partial charge in [-0.2, -0.15) is 5.10 Å². The summed E-state index contributed by atoms with van der Waals surface area (Å²) in [6.07, 6.45) is 2.87. The van der Waals surface area contributed by atoms with Crippen LogP contribution < -0.4 is 4.72 Å². The minimum atomic E-state index is -3.36. The molecule has 2 aromatic rings. The lowest BCUT2D eigenvalue weighted by Gasteiger charge is -2.44. The number of fused-ring (bicyclic) bond motifs is 4. The Morgan fingerprint density at radius 3 is 2.66 bits per heavy atom. The summed E-state index contributed by atoms with van der Waals surface area (Å²) in [5.41, 5.74) is 1.60. The first-order chi connectivity index (χ1) is 13.9. The molecule has 1 atom stereocenters. The second kappa shape index (κ2) is 8.91. The Kier molecular flexibility index (Phi) is 6.53. The van der Waals surface area contributed by atoms with Crippen molar-refractivity contribution in [1.29, 1.82) is 0 Å². The van der Waals surface area contributed by atoms with Gasteiger partial charge in [0, 0.05) is 24.0 Å². The number of anilines is 1. The van der Waals surface area contributed by atoms with E-state index in [0.29, 0.717) is 35.0 Å². The third kappa shape index (κ3) is 4.94. The molecule has 0 amide bonds. The number of nitrogens with one attached hydrogen (secondary N) is 2. The minimum Gasteiger partial charge on any atom is -0.483 e. The van der Waals surface area contributed by atoms with Gasteiger partial charge in [0.05, 0.1) is 11.3 Å². The zero-order chi connectivity index (χ0) is 21.0. The van der Waals surface area contributed by atoms with Gasteiger partial charge in [0.15, 0.2) is 5.78 Å². The van der Waals surface area contributed by atoms with Gasteiger partial charge in [0.2, 0.25) is 10.0 Å². The van der Waals surface area contributed by atoms with E-state index in [4.69, 9.17) is 9.90 Å². The Bertz CT molecular complexity index is 980. The molecule has 4 heterocycles. The smallest absolute Gasteiger partial charge is 0.290 e. The van der Waals surface area contributed by atoms with Crippen LogP contribution in [-0.4, -0.2) is 66.3 Å². The summed E-state index contributed by atoms with van der Waals surface area (Å²) in [6.45, 7) is 4.64. The summed E-state index contributed by atoms with van der Waals surface area (Å²) in [5.74, 6) is 1.08. The first kappa shape index (κ1) is 21.3. The molecule has 3 N–H and O–H groups in total. The number of benzene rings is 1. The average Bonchev–Trinajstić information content (AvgIpc) is 3.12. The van der Waals surface area contributed by atoms with E-state index in [9.17, 15) is 13.2 Å². The number of nitrogens with zero attached hydrogens (tertiary/aromatic N) is 2. The second-order valence-corrected chi connectivity index (χ2v) is 9.48. The van der Waals surface area contributed by atoms with E-state index in [0.717, 1.165) is 25.2 Å². The highest BCUT2D eigenvalue weighted by molar-refractivity contribution is 7.92. The van der Waals surface area contributed by atoms with Crippen LogP contribution in [0.3, 0.4) is 0 Å². The van der Waals surface area contributed by atoms with Crippen molar-refractivity contribution < 1.29 is 23.1 Å². The lowest BCUT2D eigenvalue weighted by atomic mass is 9.76. The zero-order valence-corrected chi connectivity index (χ0v) is 17.1. The lowest BCUT2D eigenvalue weighted by Crippen LogP contribution is -2.47. The van der Waals surface area contributed by atoms with Gasteiger partial charge in [-0.1, -0.05) is 0 Å². The molecule has 10 heteroatoms. The third-order valence-corrected chi connectivity index (χ3v) is 7.03. The molecule has 1 aromatic carbocycles. The van der Waals surface area contributed by atoms with Crippen LogP contribution >= 0.6 is 0 Å². The van der Waals surface area contributed by atoms with Crippen molar-refractivity contribution >= 4 is 38.9 Å². The normalized spacial score (nSPS) is 23.3. The fraction of sp³-hybridized carbons (Fsp3) is 0.526. The minimum absolute atomic E-state index is 0.00177. The van der Waals surface area contributed by atoms with Gasteiger partial charge >= 0.3 is 0 Å². The number of carbonyl (C=O) groups excluding carboxylic acids is 1. The number of rotatable bonds is 6. The van der Waals surface area contributed by atoms with Crippen LogP contribution in [0.1, 0.15) is 36.7 Å². The monoisotopic (exact) mass is 422 g/mol. The molecule has 0 saturated carbocycles. The molecule has 29 heavy (non-hydrogen) atoms. The molecule has 2 bridgehead atoms. The summed E-state index contributed by atoms with van der Waals surface area (Å²) in [5, 5.41) is 14.7. The molecule has 9 nitrogen and oxygen atoms in total. The Labute approximate surface area is 169 Å². The first-order valence-corrected chi connectivity index (χ1v) is 11.3. The number of aromatic amines is 1. The molecule has 5 rings (SSSR count). The van der Waals surface area contributed by atoms with E-state index in [1.807, 2.05) is 0 Å². The van der Waals surface area contributed by atoms with Gasteiger partial charge in [0.1, 0.15) is 5.69 Å². The maximum Gasteiger partial charge on any atom is 0.290 e. The highest BCUT2D eigenvalue weighted by atomic mass is 32.2. The van der Waals surface area contributed by atoms with Gasteiger partial charge in [-0.15, -0.1) is 0 Å². The third-order valence-electron chi connectivity index (χ3n) is 5.72. The number of carboxylic acid groups (broad SMARTS) is 1. The van der Waals surface area contributed by atoms with Gasteiger partial charge in [-0.25, -0.2) is 8.42 Å². The van der Waals surface area contributed by atoms with Crippen molar-refractivity contribution in [3.63, 3.8) is 0 Å². The molecular formula is C19H26N4O5S. The average molecular weight is 423 g/mol. The Balaban J connectivity index is 0.000000755. The number of H-pyrrole nitrogens is 1. The fourth-order valence-electron chi connectivity index (χ4n) is 4.20. The van der Waals surface area contributed by atoms with Crippen LogP contribution in [0.2, 0.25) is 0 Å². The maximum atomic E-state index is 12.9. The van der Waals surface area contributed by atoms with Crippen molar-refractivity contribution in [2.45, 2.75) is 26.2 Å². The number of hydrogen-bond donors (Lipinski definition) is 3. The second-order valence-electron chi connectivity index (χ2n) is 7.47. The molecular weight excluding hydrogens is 396 g/mol. The number of Topliss-reactive ketones (excluding diaryl/α,β-unsaturated/α-hetero) is 1. The van der Waals surface area contributed by atoms with Crippen molar-refractivity contribution in [3.05, 3.63) is 23.9 Å². The number of hydrogen-bond acceptors (Lipinski definition) is 6. The SMILES string of the molecule is CCS(=O)(=O)Nc1ccc2[nH]nc(C(=O)C[C@H]3CN4CCC3CC4)c2c1.O=CO. The molecule has 158 valence electrons. The van der Waals surface area contributed by atoms with Crippen molar-refractivity contribution in [2.24, 2.45) is 11.8 Å². The first-order valence-electron chi connectivity index (χ1n) is 9.69. The van der Waals surface area contributed by atoms with Crippen molar-refractivity contribution in [2.75, 3.05) is 30.1 Å². The van der Waals surface area contributed by atoms with E-state index >= 15 is 0 Å². The predicted molar refractivity (Wildman–Crippen MR) is 109 cm³/mol. The van der Waals surface area contributed by atoms with E-state index < -0.39 is 10.0 Å². The zero-order valence-electron chi connectivity index (χ0n) is 16.3. The topological polar surface area (TPSA) is 132 Å². The summed E-state index contributed by atoms with van der Waals surface area (Å²) in [4.78, 5) is 23.7. The molecule has 3 aliphatic heterocycles. The predicted octanol–water partition coefficient (Wildman–Crippen LogP) is 1.94. The lowest BCUT2D eigenvalue weighted by molar-refractivity contribution is -0.122. The summed E-state index contributed by atoms with van der Waals surface area (Å²) in [7, 11) is -3.36. The molecule has 3 fully saturated rings. The fourth-order valence-corrected chi connectivity index (χ4v) is 4.83. The molecule has 0 radical (unpaired) electrons. The van der Waals surface area contributed by atoms with Gasteiger partial charge < -0.3 is 10.0 Å². The van der Waals surface area contributed by atoms with Crippen LogP contribution in [0.5, 0.6) is 0 Å². The maximum absolute atomic E-state index is 12.9. The number of aromatic nitrogens is 2. The van der Waals surface area contributed by atoms with Crippen LogP contribution in [0.25, 0.3) is 10.9 Å². The molecule has 0 aliphatic carbocycles. The largest absolute Gasteiger partial charge is 0.483 e. The number of carbonyl (C=O) groups is 2. The highest BCUT2D eigenvalue weighted by Gasteiger charge is 2.35. The van der Waals surface area contributed by atoms with E-state index in [-0.39, 0.29) is 18.0 Å². The quantitative estimate of drug-likeness (QED) is 0.479. The number of ketones is 1. The van der Waals surface area contributed by atoms with Crippen LogP contribution in [-0.2, 0) is 14.8 Å². The van der Waals surface area contributed by atoms with E-state index in [2.05, 4.69) is 19.8 Å². The van der Waals surface area contributed by atoms with E-state index in [1.165, 1.54) is 12.8 Å². The van der Waals surface area contributed by atoms with Crippen molar-refractivity contribution in [1.82, 2.24) is 15.1 Å². The molecule has 1 aromatic heterocycles. The number of sulfonamides is 1. The number of piperidine rings is 3. The van der Waals surface area contributed by atoms with Crippen LogP contribution in [0, 0.1) is 11.8 Å². The van der Waals surface area contributed by atoms with Gasteiger partial charge in [0.25, 0.3) is 6.47 Å². The molecule has 3 saturated heterocycles. The van der Waals surface area contributed by atoms with Crippen molar-refractivity contribution in [3.8, 4) is 0 Å². The molecule has 0 spiro atoms. The van der Waals surface area contributed by atoms with Crippen LogP contribution in [0.4, 0.5) is 5.69 Å². The summed E-state index contributed by atoms with van der Waals surface area (Å²) in [6, 6.07) is 5.12. The van der Waals surface area contributed by atoms with Crippen LogP contribution in [0.15, 0.2) is 18.2 Å². The van der Waals surface area contributed by atoms with Gasteiger partial charge in [-0.05, 0) is 62.9 Å². The molecule has 0 unspecified atom stereocenters. The highest BCUT2D eigenvalue weighted by Crippen LogP contribution is 2.35. The van der Waals surface area contributed by atoms with Gasteiger partial charge in [-0.3, -0.25) is 19.4 Å². The summed E-state index contributed by atoms with van der Waals surface area (Å²) >= 11 is 0. The standard InChI is InChI=1S/C18H24N4O3S.CH2O2/c1-2-26(24,25)21-14-3-4-16-15(10-14)18(20-19-16)17(23)9-13-11-22-7-5-12(13)6-8-22;2-1-3/h3-4,10,12-13,21H,2,5-9,11H2,1H3,(H,19,20);1H,(H,2,3)/t13-;/m0./s1. The Morgan fingerprint density at radius 2 is 2.07 bits per heavy atom. The van der Waals surface area contributed by atoms with E-state index in [1.54, 1.807) is 25.1 Å².